The number of benzene rings is 1. The van der Waals surface area contributed by atoms with E-state index in [1.165, 1.54) is 22.5 Å². The molecule has 1 N–H and O–H groups in total. The average molecular weight is 447 g/mol. The van der Waals surface area contributed by atoms with Crippen LogP contribution in [0.1, 0.15) is 41.8 Å². The van der Waals surface area contributed by atoms with Crippen molar-refractivity contribution in [1.29, 1.82) is 0 Å². The predicted octanol–water partition coefficient (Wildman–Crippen LogP) is 3.97. The molecule has 0 spiro atoms. The fourth-order valence-corrected chi connectivity index (χ4v) is 6.17. The summed E-state index contributed by atoms with van der Waals surface area (Å²) in [7, 11) is -3.51. The average Bonchev–Trinajstić information content (AvgIpc) is 3.33. The molecule has 0 unspecified atom stereocenters. The Labute approximate surface area is 171 Å². The number of carbonyl (C=O) groups excluding carboxylic acids is 1. The zero-order chi connectivity index (χ0) is 21.2. The molecule has 0 radical (unpaired) electrons. The van der Waals surface area contributed by atoms with Crippen LogP contribution >= 0.6 is 11.3 Å². The maximum absolute atomic E-state index is 12.6. The van der Waals surface area contributed by atoms with Crippen LogP contribution in [0.15, 0.2) is 40.6 Å². The highest BCUT2D eigenvalue weighted by atomic mass is 32.2. The number of alkyl halides is 3. The van der Waals surface area contributed by atoms with Gasteiger partial charge in [-0.2, -0.15) is 17.5 Å². The third kappa shape index (κ3) is 5.18. The van der Waals surface area contributed by atoms with Gasteiger partial charge in [0.15, 0.2) is 0 Å². The van der Waals surface area contributed by atoms with E-state index in [0.717, 1.165) is 36.3 Å². The minimum atomic E-state index is -4.41. The summed E-state index contributed by atoms with van der Waals surface area (Å²) in [6, 6.07) is 7.28. The zero-order valence-electron chi connectivity index (χ0n) is 15.7. The molecular weight excluding hydrogens is 425 g/mol. The Kier molecular flexibility index (Phi) is 6.35. The number of thiophene rings is 1. The smallest absolute Gasteiger partial charge is 0.349 e. The van der Waals surface area contributed by atoms with Gasteiger partial charge in [-0.15, -0.1) is 11.3 Å². The molecule has 5 nitrogen and oxygen atoms in total. The molecule has 1 fully saturated rings. The molecule has 1 aliphatic rings. The topological polar surface area (TPSA) is 66.5 Å². The van der Waals surface area contributed by atoms with Crippen LogP contribution in [0.4, 0.5) is 13.2 Å². The molecule has 1 aromatic carbocycles. The van der Waals surface area contributed by atoms with E-state index in [1.54, 1.807) is 13.0 Å². The SMILES string of the molecule is C[C@@H](NC(=O)Cc1ccc(S(=O)(=O)N2CCCC2)s1)c1ccc(C(F)(F)F)cc1. The van der Waals surface area contributed by atoms with Crippen molar-refractivity contribution in [1.82, 2.24) is 9.62 Å². The first-order valence-corrected chi connectivity index (χ1v) is 11.4. The summed E-state index contributed by atoms with van der Waals surface area (Å²) in [5.41, 5.74) is -0.195. The van der Waals surface area contributed by atoms with Gasteiger partial charge in [0.25, 0.3) is 10.0 Å². The number of amides is 1. The number of nitrogens with zero attached hydrogens (tertiary/aromatic N) is 1. The minimum absolute atomic E-state index is 0.00512. The molecule has 1 aromatic heterocycles. The van der Waals surface area contributed by atoms with Gasteiger partial charge >= 0.3 is 6.18 Å². The van der Waals surface area contributed by atoms with E-state index >= 15 is 0 Å². The van der Waals surface area contributed by atoms with E-state index in [0.29, 0.717) is 23.5 Å². The Balaban J connectivity index is 1.60. The lowest BCUT2D eigenvalue weighted by Crippen LogP contribution is -2.28. The zero-order valence-corrected chi connectivity index (χ0v) is 17.3. The first-order valence-electron chi connectivity index (χ1n) is 9.13. The number of hydrogen-bond donors (Lipinski definition) is 1. The van der Waals surface area contributed by atoms with E-state index in [9.17, 15) is 26.4 Å². The second-order valence-electron chi connectivity index (χ2n) is 6.92. The van der Waals surface area contributed by atoms with Gasteiger partial charge in [0.2, 0.25) is 5.91 Å². The predicted molar refractivity (Wildman–Crippen MR) is 104 cm³/mol. The molecule has 0 saturated carbocycles. The normalized spacial score (nSPS) is 16.7. The summed E-state index contributed by atoms with van der Waals surface area (Å²) < 4.78 is 64.7. The van der Waals surface area contributed by atoms with Gasteiger partial charge in [-0.25, -0.2) is 8.42 Å². The largest absolute Gasteiger partial charge is 0.416 e. The third-order valence-corrected chi connectivity index (χ3v) is 8.20. The molecule has 158 valence electrons. The number of hydrogen-bond acceptors (Lipinski definition) is 4. The van der Waals surface area contributed by atoms with Crippen molar-refractivity contribution in [3.63, 3.8) is 0 Å². The Morgan fingerprint density at radius 3 is 2.34 bits per heavy atom. The van der Waals surface area contributed by atoms with Crippen molar-refractivity contribution in [2.24, 2.45) is 0 Å². The molecule has 1 amide bonds. The van der Waals surface area contributed by atoms with Gasteiger partial charge in [-0.3, -0.25) is 4.79 Å². The van der Waals surface area contributed by atoms with Crippen LogP contribution in [-0.2, 0) is 27.4 Å². The van der Waals surface area contributed by atoms with Crippen molar-refractivity contribution >= 4 is 27.3 Å². The number of rotatable bonds is 6. The second-order valence-corrected chi connectivity index (χ2v) is 10.3. The fourth-order valence-electron chi connectivity index (χ4n) is 3.14. The molecule has 0 aliphatic carbocycles. The molecule has 1 atom stereocenters. The number of carbonyl (C=O) groups is 1. The minimum Gasteiger partial charge on any atom is -0.349 e. The van der Waals surface area contributed by atoms with Crippen molar-refractivity contribution in [2.75, 3.05) is 13.1 Å². The summed E-state index contributed by atoms with van der Waals surface area (Å²) in [6.45, 7) is 2.71. The Hall–Kier alpha value is -1.91. The molecule has 29 heavy (non-hydrogen) atoms. The molecule has 1 aliphatic heterocycles. The maximum Gasteiger partial charge on any atom is 0.416 e. The molecular formula is C19H21F3N2O3S2. The summed E-state index contributed by atoms with van der Waals surface area (Å²) in [5.74, 6) is -0.329. The number of sulfonamides is 1. The van der Waals surface area contributed by atoms with Crippen LogP contribution < -0.4 is 5.32 Å². The standard InChI is InChI=1S/C19H21F3N2O3S2/c1-13(14-4-6-15(7-5-14)19(20,21)22)23-17(25)12-16-8-9-18(28-16)29(26,27)24-10-2-3-11-24/h4-9,13H,2-3,10-12H2,1H3,(H,23,25)/t13-/m1/s1. The fraction of sp³-hybridized carbons (Fsp3) is 0.421. The van der Waals surface area contributed by atoms with Crippen LogP contribution in [0.5, 0.6) is 0 Å². The molecule has 0 bridgehead atoms. The number of nitrogens with one attached hydrogen (secondary N) is 1. The Bertz CT molecular complexity index is 963. The monoisotopic (exact) mass is 446 g/mol. The van der Waals surface area contributed by atoms with Gasteiger partial charge < -0.3 is 5.32 Å². The molecule has 2 aromatic rings. The van der Waals surface area contributed by atoms with Crippen molar-refractivity contribution in [3.05, 3.63) is 52.4 Å². The van der Waals surface area contributed by atoms with Crippen molar-refractivity contribution in [3.8, 4) is 0 Å². The molecule has 2 heterocycles. The summed E-state index contributed by atoms with van der Waals surface area (Å²) in [5, 5.41) is 2.73. The molecule has 3 rings (SSSR count). The summed E-state index contributed by atoms with van der Waals surface area (Å²) in [6.07, 6.45) is -2.70. The lowest BCUT2D eigenvalue weighted by molar-refractivity contribution is -0.137. The first kappa shape index (κ1) is 21.8. The van der Waals surface area contributed by atoms with Gasteiger partial charge in [-0.05, 0) is 49.6 Å². The van der Waals surface area contributed by atoms with Crippen molar-refractivity contribution in [2.45, 2.75) is 42.6 Å². The van der Waals surface area contributed by atoms with Crippen LogP contribution in [0.3, 0.4) is 0 Å². The quantitative estimate of drug-likeness (QED) is 0.730. The molecule has 1 saturated heterocycles. The van der Waals surface area contributed by atoms with Crippen LogP contribution in [-0.4, -0.2) is 31.7 Å². The van der Waals surface area contributed by atoms with Gasteiger partial charge in [0.05, 0.1) is 18.0 Å². The highest BCUT2D eigenvalue weighted by Crippen LogP contribution is 2.30. The highest BCUT2D eigenvalue weighted by Gasteiger charge is 2.30. The lowest BCUT2D eigenvalue weighted by atomic mass is 10.1. The maximum atomic E-state index is 12.6. The Morgan fingerprint density at radius 1 is 1.14 bits per heavy atom. The third-order valence-electron chi connectivity index (χ3n) is 4.75. The van der Waals surface area contributed by atoms with E-state index < -0.39 is 27.8 Å². The van der Waals surface area contributed by atoms with E-state index in [1.807, 2.05) is 0 Å². The summed E-state index contributed by atoms with van der Waals surface area (Å²) >= 11 is 1.07. The van der Waals surface area contributed by atoms with Crippen LogP contribution in [0.25, 0.3) is 0 Å². The van der Waals surface area contributed by atoms with E-state index in [2.05, 4.69) is 5.32 Å². The highest BCUT2D eigenvalue weighted by molar-refractivity contribution is 7.91. The van der Waals surface area contributed by atoms with Gasteiger partial charge in [-0.1, -0.05) is 12.1 Å². The van der Waals surface area contributed by atoms with Crippen LogP contribution in [0, 0.1) is 0 Å². The number of halogens is 3. The lowest BCUT2D eigenvalue weighted by Gasteiger charge is -2.15. The van der Waals surface area contributed by atoms with E-state index in [4.69, 9.17) is 0 Å². The molecule has 10 heteroatoms. The van der Waals surface area contributed by atoms with Crippen molar-refractivity contribution < 1.29 is 26.4 Å². The van der Waals surface area contributed by atoms with Crippen LogP contribution in [0.2, 0.25) is 0 Å². The van der Waals surface area contributed by atoms with Gasteiger partial charge in [0, 0.05) is 18.0 Å². The second kappa shape index (κ2) is 8.45. The first-order chi connectivity index (χ1) is 13.6. The summed E-state index contributed by atoms with van der Waals surface area (Å²) in [4.78, 5) is 12.9. The van der Waals surface area contributed by atoms with Gasteiger partial charge in [0.1, 0.15) is 4.21 Å². The van der Waals surface area contributed by atoms with E-state index in [-0.39, 0.29) is 16.5 Å². The Morgan fingerprint density at radius 2 is 1.76 bits per heavy atom.